The Labute approximate surface area is 75.2 Å². The van der Waals surface area contributed by atoms with Crippen molar-refractivity contribution in [1.82, 2.24) is 9.97 Å². The highest BCUT2D eigenvalue weighted by Crippen LogP contribution is 2.13. The average molecular weight is 174 g/mol. The van der Waals surface area contributed by atoms with Crippen LogP contribution in [0.15, 0.2) is 0 Å². The molecule has 5 nitrogen and oxygen atoms in total. The Kier molecular flexibility index (Phi) is 2.41. The molecule has 5 heteroatoms. The van der Waals surface area contributed by atoms with Crippen molar-refractivity contribution < 1.29 is 4.74 Å². The molecule has 64 valence electrons. The van der Waals surface area contributed by atoms with Gasteiger partial charge < -0.3 is 4.74 Å². The lowest BCUT2D eigenvalue weighted by molar-refractivity contribution is 0.391. The monoisotopic (exact) mass is 174 g/mol. The lowest BCUT2D eigenvalue weighted by Gasteiger charge is -2.02. The van der Waals surface area contributed by atoms with Crippen LogP contribution in [0.2, 0.25) is 0 Å². The molecule has 0 amide bonds. The number of nitrogens with zero attached hydrogens (tertiary/aromatic N) is 4. The van der Waals surface area contributed by atoms with E-state index in [2.05, 4.69) is 9.97 Å². The SMILES string of the molecule is COc1nc(C#N)c(C#N)nc1C. The second-order valence-corrected chi connectivity index (χ2v) is 2.24. The first kappa shape index (κ1) is 8.95. The van der Waals surface area contributed by atoms with Crippen LogP contribution in [0.1, 0.15) is 17.1 Å². The summed E-state index contributed by atoms with van der Waals surface area (Å²) < 4.78 is 4.85. The van der Waals surface area contributed by atoms with Gasteiger partial charge in [-0.1, -0.05) is 0 Å². The number of ether oxygens (including phenoxy) is 1. The van der Waals surface area contributed by atoms with E-state index in [1.165, 1.54) is 7.11 Å². The minimum atomic E-state index is -0.00931. The Morgan fingerprint density at radius 3 is 2.15 bits per heavy atom. The lowest BCUT2D eigenvalue weighted by atomic mass is 10.3. The van der Waals surface area contributed by atoms with Gasteiger partial charge in [0.25, 0.3) is 0 Å². The smallest absolute Gasteiger partial charge is 0.236 e. The molecule has 0 unspecified atom stereocenters. The highest BCUT2D eigenvalue weighted by atomic mass is 16.5. The van der Waals surface area contributed by atoms with Crippen LogP contribution in [0.25, 0.3) is 0 Å². The molecule has 0 bridgehead atoms. The lowest BCUT2D eigenvalue weighted by Crippen LogP contribution is -2.00. The Bertz CT molecular complexity index is 413. The number of aryl methyl sites for hydroxylation is 1. The molecule has 1 rings (SSSR count). The van der Waals surface area contributed by atoms with Crippen molar-refractivity contribution in [1.29, 1.82) is 10.5 Å². The first-order valence-corrected chi connectivity index (χ1v) is 3.45. The van der Waals surface area contributed by atoms with Crippen molar-refractivity contribution in [2.24, 2.45) is 0 Å². The Morgan fingerprint density at radius 2 is 1.69 bits per heavy atom. The summed E-state index contributed by atoms with van der Waals surface area (Å²) in [5.41, 5.74) is 0.517. The fourth-order valence-corrected chi connectivity index (χ4v) is 0.853. The van der Waals surface area contributed by atoms with Gasteiger partial charge in [0, 0.05) is 0 Å². The van der Waals surface area contributed by atoms with Gasteiger partial charge >= 0.3 is 0 Å². The van der Waals surface area contributed by atoms with E-state index >= 15 is 0 Å². The number of rotatable bonds is 1. The summed E-state index contributed by atoms with van der Waals surface area (Å²) in [5.74, 6) is 0.274. The number of methoxy groups -OCH3 is 1. The summed E-state index contributed by atoms with van der Waals surface area (Å²) in [6, 6.07) is 3.56. The zero-order valence-corrected chi connectivity index (χ0v) is 7.20. The van der Waals surface area contributed by atoms with Gasteiger partial charge in [-0.25, -0.2) is 4.98 Å². The van der Waals surface area contributed by atoms with E-state index in [0.717, 1.165) is 0 Å². The van der Waals surface area contributed by atoms with Crippen LogP contribution in [-0.2, 0) is 0 Å². The number of hydrogen-bond donors (Lipinski definition) is 0. The fourth-order valence-electron chi connectivity index (χ4n) is 0.853. The standard InChI is InChI=1S/C8H6N4O/c1-5-8(13-2)12-7(4-10)6(3-9)11-5/h1-2H3. The van der Waals surface area contributed by atoms with E-state index in [0.29, 0.717) is 5.69 Å². The van der Waals surface area contributed by atoms with Crippen molar-refractivity contribution in [3.8, 4) is 18.0 Å². The third-order valence-corrected chi connectivity index (χ3v) is 1.43. The van der Waals surface area contributed by atoms with Gasteiger partial charge in [-0.15, -0.1) is 0 Å². The molecule has 0 atom stereocenters. The summed E-state index contributed by atoms with van der Waals surface area (Å²) in [6.07, 6.45) is 0. The van der Waals surface area contributed by atoms with Crippen LogP contribution in [0, 0.1) is 29.6 Å². The third kappa shape index (κ3) is 1.54. The normalized spacial score (nSPS) is 8.62. The van der Waals surface area contributed by atoms with Crippen LogP contribution in [0.5, 0.6) is 5.88 Å². The molecular weight excluding hydrogens is 168 g/mol. The molecule has 0 spiro atoms. The number of hydrogen-bond acceptors (Lipinski definition) is 5. The third-order valence-electron chi connectivity index (χ3n) is 1.43. The Hall–Kier alpha value is -2.14. The molecule has 0 radical (unpaired) electrons. The first-order chi connectivity index (χ1) is 6.22. The zero-order chi connectivity index (χ0) is 9.84. The second kappa shape index (κ2) is 3.51. The van der Waals surface area contributed by atoms with Gasteiger partial charge in [0.1, 0.15) is 17.8 Å². The highest BCUT2D eigenvalue weighted by molar-refractivity contribution is 5.38. The summed E-state index contributed by atoms with van der Waals surface area (Å²) in [4.78, 5) is 7.67. The van der Waals surface area contributed by atoms with Crippen LogP contribution in [0.3, 0.4) is 0 Å². The molecule has 0 aromatic carbocycles. The van der Waals surface area contributed by atoms with Crippen molar-refractivity contribution in [2.75, 3.05) is 7.11 Å². The summed E-state index contributed by atoms with van der Waals surface area (Å²) in [5, 5.41) is 17.2. The van der Waals surface area contributed by atoms with Crippen LogP contribution >= 0.6 is 0 Å². The molecule has 1 heterocycles. The summed E-state index contributed by atoms with van der Waals surface area (Å²) in [6.45, 7) is 1.66. The maximum atomic E-state index is 8.60. The molecule has 1 aromatic rings. The van der Waals surface area contributed by atoms with Crippen molar-refractivity contribution >= 4 is 0 Å². The van der Waals surface area contributed by atoms with Crippen LogP contribution in [0.4, 0.5) is 0 Å². The molecule has 0 aliphatic carbocycles. The fraction of sp³-hybridized carbons (Fsp3) is 0.250. The topological polar surface area (TPSA) is 82.6 Å². The van der Waals surface area contributed by atoms with Gasteiger partial charge in [-0.05, 0) is 6.92 Å². The van der Waals surface area contributed by atoms with Gasteiger partial charge in [0.05, 0.1) is 7.11 Å². The van der Waals surface area contributed by atoms with E-state index in [4.69, 9.17) is 15.3 Å². The number of nitriles is 2. The predicted octanol–water partition coefficient (Wildman–Crippen LogP) is 0.537. The minimum Gasteiger partial charge on any atom is -0.480 e. The van der Waals surface area contributed by atoms with Crippen molar-refractivity contribution in [3.05, 3.63) is 17.1 Å². The molecule has 0 saturated carbocycles. The van der Waals surface area contributed by atoms with Gasteiger partial charge in [-0.3, -0.25) is 0 Å². The van der Waals surface area contributed by atoms with Gasteiger partial charge in [0.15, 0.2) is 11.4 Å². The largest absolute Gasteiger partial charge is 0.480 e. The molecule has 13 heavy (non-hydrogen) atoms. The minimum absolute atomic E-state index is 0.00931. The average Bonchev–Trinajstić information content (AvgIpc) is 2.17. The van der Waals surface area contributed by atoms with Crippen molar-refractivity contribution in [2.45, 2.75) is 6.92 Å². The van der Waals surface area contributed by atoms with E-state index < -0.39 is 0 Å². The predicted molar refractivity (Wildman–Crippen MR) is 42.8 cm³/mol. The molecule has 0 fully saturated rings. The van der Waals surface area contributed by atoms with Gasteiger partial charge in [-0.2, -0.15) is 15.5 Å². The molecule has 0 aliphatic rings. The molecule has 0 N–H and O–H groups in total. The summed E-state index contributed by atoms with van der Waals surface area (Å²) in [7, 11) is 1.43. The Morgan fingerprint density at radius 1 is 1.15 bits per heavy atom. The molecular formula is C8H6N4O. The van der Waals surface area contributed by atoms with E-state index in [9.17, 15) is 0 Å². The second-order valence-electron chi connectivity index (χ2n) is 2.24. The summed E-state index contributed by atoms with van der Waals surface area (Å²) >= 11 is 0. The molecule has 0 aliphatic heterocycles. The van der Waals surface area contributed by atoms with E-state index in [1.807, 2.05) is 0 Å². The Balaban J connectivity index is 3.39. The quantitative estimate of drug-likeness (QED) is 0.620. The first-order valence-electron chi connectivity index (χ1n) is 3.45. The molecule has 0 saturated heterocycles. The van der Waals surface area contributed by atoms with E-state index in [-0.39, 0.29) is 17.3 Å². The van der Waals surface area contributed by atoms with E-state index in [1.54, 1.807) is 19.1 Å². The van der Waals surface area contributed by atoms with Crippen molar-refractivity contribution in [3.63, 3.8) is 0 Å². The van der Waals surface area contributed by atoms with Gasteiger partial charge in [0.2, 0.25) is 5.88 Å². The maximum Gasteiger partial charge on any atom is 0.236 e. The zero-order valence-electron chi connectivity index (χ0n) is 7.20. The van der Waals surface area contributed by atoms with Crippen LogP contribution in [-0.4, -0.2) is 17.1 Å². The highest BCUT2D eigenvalue weighted by Gasteiger charge is 2.09. The molecule has 1 aromatic heterocycles. The maximum absolute atomic E-state index is 8.60. The number of aromatic nitrogens is 2. The van der Waals surface area contributed by atoms with Crippen LogP contribution < -0.4 is 4.74 Å².